The van der Waals surface area contributed by atoms with Crippen molar-refractivity contribution < 1.29 is 0 Å². The first-order valence-electron chi connectivity index (χ1n) is 14.9. The zero-order valence-electron chi connectivity index (χ0n) is 25.0. The van der Waals surface area contributed by atoms with E-state index in [4.69, 9.17) is 9.98 Å². The maximum absolute atomic E-state index is 5.01. The first-order chi connectivity index (χ1) is 20.8. The molecule has 6 nitrogen and oxygen atoms in total. The van der Waals surface area contributed by atoms with Crippen LogP contribution in [0.15, 0.2) is 113 Å². The van der Waals surface area contributed by atoms with E-state index in [1.54, 1.807) is 6.20 Å². The number of aliphatic imine (C=N–C) groups is 2. The van der Waals surface area contributed by atoms with Gasteiger partial charge in [0, 0.05) is 29.4 Å². The number of rotatable bonds is 4. The number of anilines is 2. The molecule has 7 rings (SSSR count). The summed E-state index contributed by atoms with van der Waals surface area (Å²) in [6, 6.07) is 29.6. The third-order valence-electron chi connectivity index (χ3n) is 8.23. The van der Waals surface area contributed by atoms with Crippen LogP contribution in [-0.2, 0) is 0 Å². The predicted octanol–water partition coefficient (Wildman–Crippen LogP) is 7.68. The smallest absolute Gasteiger partial charge is 0.169 e. The third kappa shape index (κ3) is 5.25. The number of amidine groups is 2. The minimum atomic E-state index is -0.348. The van der Waals surface area contributed by atoms with Crippen molar-refractivity contribution in [2.75, 3.05) is 10.6 Å². The van der Waals surface area contributed by atoms with Crippen molar-refractivity contribution in [2.24, 2.45) is 15.4 Å². The van der Waals surface area contributed by atoms with Crippen LogP contribution in [-0.4, -0.2) is 28.7 Å². The Balaban J connectivity index is 1.22. The van der Waals surface area contributed by atoms with E-state index in [1.165, 1.54) is 33.6 Å². The summed E-state index contributed by atoms with van der Waals surface area (Å²) < 4.78 is 0. The largest absolute Gasteiger partial charge is 0.377 e. The first-order valence-corrected chi connectivity index (χ1v) is 14.9. The molecule has 0 fully saturated rings. The van der Waals surface area contributed by atoms with Crippen molar-refractivity contribution in [1.29, 1.82) is 0 Å². The van der Waals surface area contributed by atoms with E-state index in [2.05, 4.69) is 115 Å². The summed E-state index contributed by atoms with van der Waals surface area (Å²) in [5, 5.41) is 11.0. The van der Waals surface area contributed by atoms with Gasteiger partial charge in [0.2, 0.25) is 0 Å². The van der Waals surface area contributed by atoms with E-state index in [-0.39, 0.29) is 23.7 Å². The maximum Gasteiger partial charge on any atom is 0.169 e. The molecule has 3 atom stereocenters. The molecule has 1 aromatic heterocycles. The van der Waals surface area contributed by atoms with E-state index in [0.717, 1.165) is 22.7 Å². The molecule has 0 saturated heterocycles. The Morgan fingerprint density at radius 2 is 1.47 bits per heavy atom. The summed E-state index contributed by atoms with van der Waals surface area (Å²) in [6.07, 6.45) is 8.29. The molecule has 3 aliphatic heterocycles. The van der Waals surface area contributed by atoms with Crippen LogP contribution in [0.5, 0.6) is 0 Å². The van der Waals surface area contributed by atoms with Gasteiger partial charge in [-0.05, 0) is 46.7 Å². The van der Waals surface area contributed by atoms with E-state index < -0.39 is 0 Å². The van der Waals surface area contributed by atoms with Crippen molar-refractivity contribution in [3.8, 4) is 0 Å². The molecule has 3 aromatic carbocycles. The van der Waals surface area contributed by atoms with Gasteiger partial charge in [0.05, 0.1) is 11.4 Å². The second-order valence-corrected chi connectivity index (χ2v) is 12.5. The SMILES string of the molecule is CC1C=C(c2ccc(C3=NC(c4ccccc4)N=C(c4ccccn4)N3)cc2)c2ccc3c(c2N1)NC(C(C)(C)C)C=C3. The van der Waals surface area contributed by atoms with Crippen molar-refractivity contribution in [2.45, 2.75) is 45.9 Å². The molecular weight excluding hydrogens is 528 g/mol. The van der Waals surface area contributed by atoms with Gasteiger partial charge in [0.1, 0.15) is 11.5 Å². The van der Waals surface area contributed by atoms with E-state index >= 15 is 0 Å². The zero-order valence-corrected chi connectivity index (χ0v) is 25.0. The molecule has 6 heteroatoms. The van der Waals surface area contributed by atoms with Crippen LogP contribution in [0.4, 0.5) is 11.4 Å². The molecule has 3 aliphatic rings. The number of nitrogens with zero attached hydrogens (tertiary/aromatic N) is 3. The molecule has 43 heavy (non-hydrogen) atoms. The summed E-state index contributed by atoms with van der Waals surface area (Å²) in [7, 11) is 0. The highest BCUT2D eigenvalue weighted by Crippen LogP contribution is 2.44. The average molecular weight is 565 g/mol. The fourth-order valence-electron chi connectivity index (χ4n) is 5.87. The predicted molar refractivity (Wildman–Crippen MR) is 179 cm³/mol. The van der Waals surface area contributed by atoms with Gasteiger partial charge in [-0.3, -0.25) is 4.98 Å². The van der Waals surface area contributed by atoms with Crippen LogP contribution in [0, 0.1) is 5.41 Å². The van der Waals surface area contributed by atoms with Crippen molar-refractivity contribution in [3.05, 3.63) is 137 Å². The van der Waals surface area contributed by atoms with Crippen LogP contribution >= 0.6 is 0 Å². The first kappa shape index (κ1) is 26.9. The molecule has 0 radical (unpaired) electrons. The van der Waals surface area contributed by atoms with E-state index in [9.17, 15) is 0 Å². The Morgan fingerprint density at radius 3 is 2.21 bits per heavy atom. The van der Waals surface area contributed by atoms with Crippen LogP contribution in [0.1, 0.15) is 67.4 Å². The molecule has 4 heterocycles. The molecule has 0 saturated carbocycles. The lowest BCUT2D eigenvalue weighted by atomic mass is 9.83. The average Bonchev–Trinajstić information content (AvgIpc) is 3.04. The normalized spacial score (nSPS) is 20.7. The highest BCUT2D eigenvalue weighted by Gasteiger charge is 2.29. The van der Waals surface area contributed by atoms with Crippen molar-refractivity contribution in [1.82, 2.24) is 10.3 Å². The molecule has 0 amide bonds. The molecule has 0 bridgehead atoms. The fourth-order valence-corrected chi connectivity index (χ4v) is 5.87. The maximum atomic E-state index is 5.01. The second-order valence-electron chi connectivity index (χ2n) is 12.5. The molecule has 214 valence electrons. The Bertz CT molecular complexity index is 1780. The fraction of sp³-hybridized carbons (Fsp3) is 0.216. The zero-order chi connectivity index (χ0) is 29.6. The molecule has 3 unspecified atom stereocenters. The van der Waals surface area contributed by atoms with Crippen molar-refractivity contribution >= 4 is 34.7 Å². The molecule has 3 N–H and O–H groups in total. The Morgan fingerprint density at radius 1 is 0.721 bits per heavy atom. The second kappa shape index (κ2) is 10.7. The number of hydrogen-bond acceptors (Lipinski definition) is 6. The minimum Gasteiger partial charge on any atom is -0.377 e. The molecular formula is C37H36N6. The van der Waals surface area contributed by atoms with Gasteiger partial charge in [-0.25, -0.2) is 9.98 Å². The van der Waals surface area contributed by atoms with Gasteiger partial charge >= 0.3 is 0 Å². The molecule has 0 aliphatic carbocycles. The van der Waals surface area contributed by atoms with Gasteiger partial charge in [-0.2, -0.15) is 0 Å². The number of pyridine rings is 1. The Kier molecular flexibility index (Phi) is 6.69. The summed E-state index contributed by atoms with van der Waals surface area (Å²) in [4.78, 5) is 14.5. The third-order valence-corrected chi connectivity index (χ3v) is 8.23. The lowest BCUT2D eigenvalue weighted by Gasteiger charge is -2.36. The summed E-state index contributed by atoms with van der Waals surface area (Å²) in [5.41, 5.74) is 10.1. The van der Waals surface area contributed by atoms with Gasteiger partial charge in [0.25, 0.3) is 0 Å². The lowest BCUT2D eigenvalue weighted by molar-refractivity contribution is 0.384. The quantitative estimate of drug-likeness (QED) is 0.238. The highest BCUT2D eigenvalue weighted by atomic mass is 15.2. The van der Waals surface area contributed by atoms with E-state index in [1.807, 2.05) is 36.4 Å². The molecule has 4 aromatic rings. The Hall–Kier alpha value is -4.97. The Labute approximate surface area is 253 Å². The van der Waals surface area contributed by atoms with Gasteiger partial charge in [-0.1, -0.05) is 112 Å². The number of fused-ring (bicyclic) bond motifs is 3. The number of aromatic nitrogens is 1. The number of nitrogens with one attached hydrogen (secondary N) is 3. The monoisotopic (exact) mass is 564 g/mol. The van der Waals surface area contributed by atoms with Gasteiger partial charge < -0.3 is 16.0 Å². The standard InChI is InChI=1S/C37H36N6/c1-23-22-29(28-19-17-25-18-20-31(37(2,3)4)40-32(25)33(28)39-23)24-13-15-27(16-14-24)35-41-34(26-10-6-5-7-11-26)42-36(43-35)30-12-8-9-21-38-30/h5-23,31,34,39-40H,1-4H3,(H,41,42,43). The van der Waals surface area contributed by atoms with Crippen LogP contribution in [0.3, 0.4) is 0 Å². The molecule has 0 spiro atoms. The van der Waals surface area contributed by atoms with Crippen molar-refractivity contribution in [3.63, 3.8) is 0 Å². The highest BCUT2D eigenvalue weighted by molar-refractivity contribution is 6.15. The van der Waals surface area contributed by atoms with Gasteiger partial charge in [0.15, 0.2) is 12.0 Å². The summed E-state index contributed by atoms with van der Waals surface area (Å²) >= 11 is 0. The summed E-state index contributed by atoms with van der Waals surface area (Å²) in [6.45, 7) is 9.03. The number of benzene rings is 3. The van der Waals surface area contributed by atoms with Crippen LogP contribution in [0.25, 0.3) is 11.6 Å². The van der Waals surface area contributed by atoms with E-state index in [0.29, 0.717) is 5.84 Å². The van der Waals surface area contributed by atoms with Crippen LogP contribution < -0.4 is 16.0 Å². The minimum absolute atomic E-state index is 0.113. The topological polar surface area (TPSA) is 73.7 Å². The summed E-state index contributed by atoms with van der Waals surface area (Å²) in [5.74, 6) is 1.50. The van der Waals surface area contributed by atoms with Crippen LogP contribution in [0.2, 0.25) is 0 Å². The number of hydrogen-bond donors (Lipinski definition) is 3. The lowest BCUT2D eigenvalue weighted by Crippen LogP contribution is -2.36. The van der Waals surface area contributed by atoms with Gasteiger partial charge in [-0.15, -0.1) is 0 Å².